The molecule has 15 heavy (non-hydrogen) atoms. The lowest BCUT2D eigenvalue weighted by molar-refractivity contribution is -0.111. The highest BCUT2D eigenvalue weighted by Crippen LogP contribution is 2.17. The van der Waals surface area contributed by atoms with Gasteiger partial charge in [-0.2, -0.15) is 0 Å². The molecule has 0 N–H and O–H groups in total. The van der Waals surface area contributed by atoms with Gasteiger partial charge in [-0.15, -0.1) is 0 Å². The Morgan fingerprint density at radius 3 is 2.40 bits per heavy atom. The van der Waals surface area contributed by atoms with Crippen molar-refractivity contribution < 1.29 is 9.59 Å². The summed E-state index contributed by atoms with van der Waals surface area (Å²) in [6.45, 7) is 5.73. The van der Waals surface area contributed by atoms with Crippen molar-refractivity contribution in [3.63, 3.8) is 0 Å². The molecule has 0 saturated carbocycles. The van der Waals surface area contributed by atoms with E-state index in [-0.39, 0.29) is 5.12 Å². The first-order valence-electron chi connectivity index (χ1n) is 5.35. The summed E-state index contributed by atoms with van der Waals surface area (Å²) in [5.74, 6) is 2.29. The Labute approximate surface area is 101 Å². The minimum atomic E-state index is 0.180. The van der Waals surface area contributed by atoms with Gasteiger partial charge in [-0.05, 0) is 24.5 Å². The third-order valence-electron chi connectivity index (χ3n) is 2.06. The molecule has 0 aromatic rings. The van der Waals surface area contributed by atoms with Gasteiger partial charge in [0.05, 0.1) is 0 Å². The zero-order valence-electron chi connectivity index (χ0n) is 9.75. The van der Waals surface area contributed by atoms with Crippen LogP contribution in [0.2, 0.25) is 0 Å². The summed E-state index contributed by atoms with van der Waals surface area (Å²) in [6, 6.07) is 0. The molecule has 0 bridgehead atoms. The van der Waals surface area contributed by atoms with Gasteiger partial charge in [0.1, 0.15) is 0 Å². The average molecular weight is 248 g/mol. The number of carbonyl (C=O) groups is 2. The molecule has 0 rings (SSSR count). The summed E-state index contributed by atoms with van der Waals surface area (Å²) < 4.78 is 0. The highest BCUT2D eigenvalue weighted by atomic mass is 32.2. The molecule has 0 saturated heterocycles. The molecule has 1 atom stereocenters. The SMILES string of the molecule is CCSC(=O)CC[C@H](C)CCSC(C)=O. The summed E-state index contributed by atoms with van der Waals surface area (Å²) in [4.78, 5) is 21.9. The largest absolute Gasteiger partial charge is 0.288 e. The molecule has 0 radical (unpaired) electrons. The van der Waals surface area contributed by atoms with Crippen molar-refractivity contribution >= 4 is 33.8 Å². The fraction of sp³-hybridized carbons (Fsp3) is 0.818. The minimum Gasteiger partial charge on any atom is -0.288 e. The zero-order valence-corrected chi connectivity index (χ0v) is 11.4. The molecule has 0 unspecified atom stereocenters. The van der Waals surface area contributed by atoms with E-state index >= 15 is 0 Å². The Balaban J connectivity index is 3.44. The van der Waals surface area contributed by atoms with Gasteiger partial charge in [0.25, 0.3) is 0 Å². The van der Waals surface area contributed by atoms with E-state index in [4.69, 9.17) is 0 Å². The van der Waals surface area contributed by atoms with Crippen molar-refractivity contribution in [2.24, 2.45) is 5.92 Å². The van der Waals surface area contributed by atoms with Crippen LogP contribution in [0, 0.1) is 5.92 Å². The number of thioether (sulfide) groups is 2. The molecule has 0 heterocycles. The molecule has 0 spiro atoms. The molecule has 4 heteroatoms. The van der Waals surface area contributed by atoms with Gasteiger partial charge >= 0.3 is 0 Å². The van der Waals surface area contributed by atoms with Crippen molar-refractivity contribution in [2.75, 3.05) is 11.5 Å². The lowest BCUT2D eigenvalue weighted by Crippen LogP contribution is -2.01. The summed E-state index contributed by atoms with van der Waals surface area (Å²) in [6.07, 6.45) is 2.64. The molecule has 88 valence electrons. The maximum absolute atomic E-state index is 11.2. The topological polar surface area (TPSA) is 34.1 Å². The molecule has 0 aliphatic rings. The van der Waals surface area contributed by atoms with E-state index in [1.54, 1.807) is 6.92 Å². The highest BCUT2D eigenvalue weighted by Gasteiger charge is 2.07. The molecule has 0 aromatic heterocycles. The van der Waals surface area contributed by atoms with E-state index in [1.165, 1.54) is 23.5 Å². The van der Waals surface area contributed by atoms with Crippen LogP contribution in [0.15, 0.2) is 0 Å². The van der Waals surface area contributed by atoms with Crippen LogP contribution in [0.4, 0.5) is 0 Å². The lowest BCUT2D eigenvalue weighted by atomic mass is 10.0. The maximum Gasteiger partial charge on any atom is 0.188 e. The lowest BCUT2D eigenvalue weighted by Gasteiger charge is -2.09. The van der Waals surface area contributed by atoms with E-state index in [0.29, 0.717) is 17.5 Å². The normalized spacial score (nSPS) is 12.5. The van der Waals surface area contributed by atoms with Gasteiger partial charge < -0.3 is 0 Å². The molecule has 0 aliphatic heterocycles. The Kier molecular flexibility index (Phi) is 9.30. The van der Waals surface area contributed by atoms with E-state index in [2.05, 4.69) is 6.92 Å². The molecular formula is C11H20O2S2. The van der Waals surface area contributed by atoms with Crippen LogP contribution < -0.4 is 0 Å². The van der Waals surface area contributed by atoms with E-state index in [0.717, 1.165) is 24.3 Å². The average Bonchev–Trinajstić information content (AvgIpc) is 2.14. The maximum atomic E-state index is 11.2. The second-order valence-corrected chi connectivity index (χ2v) is 6.17. The molecule has 0 fully saturated rings. The first-order chi connectivity index (χ1) is 7.06. The molecular weight excluding hydrogens is 228 g/mol. The van der Waals surface area contributed by atoms with E-state index < -0.39 is 0 Å². The summed E-state index contributed by atoms with van der Waals surface area (Å²) in [7, 11) is 0. The van der Waals surface area contributed by atoms with Crippen molar-refractivity contribution in [1.82, 2.24) is 0 Å². The minimum absolute atomic E-state index is 0.180. The van der Waals surface area contributed by atoms with Gasteiger partial charge in [0.2, 0.25) is 0 Å². The van der Waals surface area contributed by atoms with Gasteiger partial charge in [-0.3, -0.25) is 9.59 Å². The summed E-state index contributed by atoms with van der Waals surface area (Å²) >= 11 is 2.78. The zero-order chi connectivity index (χ0) is 11.7. The van der Waals surface area contributed by atoms with Gasteiger partial charge in [0, 0.05) is 19.1 Å². The van der Waals surface area contributed by atoms with Crippen molar-refractivity contribution in [3.8, 4) is 0 Å². The Morgan fingerprint density at radius 1 is 1.20 bits per heavy atom. The summed E-state index contributed by atoms with van der Waals surface area (Å²) in [5.41, 5.74) is 0. The van der Waals surface area contributed by atoms with Crippen LogP contribution in [-0.2, 0) is 9.59 Å². The third-order valence-corrected chi connectivity index (χ3v) is 3.72. The van der Waals surface area contributed by atoms with Gasteiger partial charge in [-0.1, -0.05) is 37.4 Å². The van der Waals surface area contributed by atoms with Crippen LogP contribution in [-0.4, -0.2) is 21.7 Å². The van der Waals surface area contributed by atoms with Crippen molar-refractivity contribution in [1.29, 1.82) is 0 Å². The van der Waals surface area contributed by atoms with Crippen molar-refractivity contribution in [2.45, 2.75) is 40.0 Å². The van der Waals surface area contributed by atoms with Crippen LogP contribution in [0.1, 0.15) is 40.0 Å². The van der Waals surface area contributed by atoms with E-state index in [1.807, 2.05) is 6.92 Å². The number of carbonyl (C=O) groups excluding carboxylic acids is 2. The summed E-state index contributed by atoms with van der Waals surface area (Å²) in [5, 5.41) is 0.475. The predicted octanol–water partition coefficient (Wildman–Crippen LogP) is 3.35. The van der Waals surface area contributed by atoms with Gasteiger partial charge in [-0.25, -0.2) is 0 Å². The quantitative estimate of drug-likeness (QED) is 0.692. The second kappa shape index (κ2) is 9.28. The highest BCUT2D eigenvalue weighted by molar-refractivity contribution is 8.13. The predicted molar refractivity (Wildman–Crippen MR) is 69.3 cm³/mol. The molecule has 0 amide bonds. The Hall–Kier alpha value is 0.0400. The van der Waals surface area contributed by atoms with Crippen LogP contribution in [0.3, 0.4) is 0 Å². The fourth-order valence-electron chi connectivity index (χ4n) is 1.15. The van der Waals surface area contributed by atoms with Crippen LogP contribution >= 0.6 is 23.5 Å². The Bertz CT molecular complexity index is 205. The number of hydrogen-bond acceptors (Lipinski definition) is 4. The molecule has 2 nitrogen and oxygen atoms in total. The monoisotopic (exact) mass is 248 g/mol. The van der Waals surface area contributed by atoms with Crippen molar-refractivity contribution in [3.05, 3.63) is 0 Å². The number of hydrogen-bond donors (Lipinski definition) is 0. The van der Waals surface area contributed by atoms with Gasteiger partial charge in [0.15, 0.2) is 10.2 Å². The number of rotatable bonds is 7. The fourth-order valence-corrected chi connectivity index (χ4v) is 2.54. The molecule has 0 aromatic carbocycles. The van der Waals surface area contributed by atoms with Crippen LogP contribution in [0.5, 0.6) is 0 Å². The first-order valence-corrected chi connectivity index (χ1v) is 7.32. The first kappa shape index (κ1) is 15.0. The second-order valence-electron chi connectivity index (χ2n) is 3.58. The Morgan fingerprint density at radius 2 is 1.87 bits per heavy atom. The standard InChI is InChI=1S/C11H20O2S2/c1-4-14-11(13)6-5-9(2)7-8-15-10(3)12/h9H,4-8H2,1-3H3/t9-/m0/s1. The smallest absolute Gasteiger partial charge is 0.188 e. The third kappa shape index (κ3) is 10.3. The van der Waals surface area contributed by atoms with E-state index in [9.17, 15) is 9.59 Å². The van der Waals surface area contributed by atoms with Crippen LogP contribution in [0.25, 0.3) is 0 Å². The molecule has 0 aliphatic carbocycles.